The first-order valence-electron chi connectivity index (χ1n) is 8.71. The van der Waals surface area contributed by atoms with Crippen LogP contribution in [0.4, 0.5) is 4.39 Å². The highest BCUT2D eigenvalue weighted by Gasteiger charge is 2.40. The van der Waals surface area contributed by atoms with Gasteiger partial charge in [-0.3, -0.25) is 4.79 Å². The normalized spacial score (nSPS) is 21.1. The number of methoxy groups -OCH3 is 1. The maximum Gasteiger partial charge on any atom is 0.220 e. The zero-order valence-corrected chi connectivity index (χ0v) is 16.0. The summed E-state index contributed by atoms with van der Waals surface area (Å²) in [6, 6.07) is 3.04. The molecule has 0 radical (unpaired) electrons. The van der Waals surface area contributed by atoms with Gasteiger partial charge in [0.2, 0.25) is 5.91 Å². The highest BCUT2D eigenvalue weighted by molar-refractivity contribution is 7.91. The lowest BCUT2D eigenvalue weighted by Gasteiger charge is -2.23. The number of amides is 1. The molecule has 2 aromatic rings. The van der Waals surface area contributed by atoms with Gasteiger partial charge in [0.25, 0.3) is 0 Å². The minimum absolute atomic E-state index is 0.100. The van der Waals surface area contributed by atoms with Crippen molar-refractivity contribution in [2.45, 2.75) is 31.8 Å². The van der Waals surface area contributed by atoms with E-state index in [2.05, 4.69) is 10.3 Å². The highest BCUT2D eigenvalue weighted by Crippen LogP contribution is 2.34. The third-order valence-corrected chi connectivity index (χ3v) is 6.29. The van der Waals surface area contributed by atoms with Crippen LogP contribution in [0.15, 0.2) is 30.6 Å². The molecule has 9 heteroatoms. The van der Waals surface area contributed by atoms with Gasteiger partial charge in [-0.05, 0) is 18.6 Å². The molecule has 1 amide bonds. The van der Waals surface area contributed by atoms with Gasteiger partial charge in [-0.25, -0.2) is 17.8 Å². The number of ether oxygens (including phenoxy) is 1. The van der Waals surface area contributed by atoms with Gasteiger partial charge in [0.1, 0.15) is 17.4 Å². The van der Waals surface area contributed by atoms with Crippen LogP contribution in [0.3, 0.4) is 0 Å². The zero-order chi connectivity index (χ0) is 19.6. The fraction of sp³-hybridized carbons (Fsp3) is 0.444. The van der Waals surface area contributed by atoms with E-state index < -0.39 is 27.7 Å². The smallest absolute Gasteiger partial charge is 0.220 e. The summed E-state index contributed by atoms with van der Waals surface area (Å²) < 4.78 is 45.0. The molecule has 0 spiro atoms. The molecule has 1 saturated heterocycles. The summed E-state index contributed by atoms with van der Waals surface area (Å²) >= 11 is 0. The summed E-state index contributed by atoms with van der Waals surface area (Å²) in [6.07, 6.45) is 4.24. The van der Waals surface area contributed by atoms with Gasteiger partial charge in [0.05, 0.1) is 36.3 Å². The summed E-state index contributed by atoms with van der Waals surface area (Å²) in [7, 11) is -1.88. The van der Waals surface area contributed by atoms with Gasteiger partial charge in [-0.1, -0.05) is 6.92 Å². The third-order valence-electron chi connectivity index (χ3n) is 4.58. The first-order chi connectivity index (χ1) is 12.8. The Hall–Kier alpha value is -2.42. The number of hydrogen-bond donors (Lipinski definition) is 1. The Balaban J connectivity index is 1.99. The van der Waals surface area contributed by atoms with E-state index in [1.54, 1.807) is 23.0 Å². The van der Waals surface area contributed by atoms with Crippen LogP contribution < -0.4 is 10.1 Å². The van der Waals surface area contributed by atoms with Crippen molar-refractivity contribution in [2.24, 2.45) is 0 Å². The molecule has 1 aromatic heterocycles. The minimum atomic E-state index is -3.31. The Bertz CT molecular complexity index is 942. The standard InChI is InChI=1S/C18H22FN3O4S/c1-3-4-17(23)21-14-10-27(24,25)11-15(14)22-8-7-20-18(22)13-6-5-12(19)9-16(13)26-2/h5-9,14-15H,3-4,10-11H2,1-2H3,(H,21,23)/t14-,15+/m0/s1. The van der Waals surface area contributed by atoms with Gasteiger partial charge in [0.15, 0.2) is 9.84 Å². The largest absolute Gasteiger partial charge is 0.496 e. The number of imidazole rings is 1. The molecule has 1 aliphatic heterocycles. The molecule has 0 aliphatic carbocycles. The van der Waals surface area contributed by atoms with Crippen LogP contribution in [0.5, 0.6) is 5.75 Å². The predicted molar refractivity (Wildman–Crippen MR) is 98.7 cm³/mol. The van der Waals surface area contributed by atoms with Crippen molar-refractivity contribution < 1.29 is 22.3 Å². The number of benzene rings is 1. The first kappa shape index (κ1) is 19.3. The number of rotatable bonds is 6. The number of nitrogens with one attached hydrogen (secondary N) is 1. The monoisotopic (exact) mass is 395 g/mol. The van der Waals surface area contributed by atoms with Crippen molar-refractivity contribution in [3.8, 4) is 17.1 Å². The SMILES string of the molecule is CCCC(=O)N[C@H]1CS(=O)(=O)C[C@H]1n1ccnc1-c1ccc(F)cc1OC. The molecule has 2 heterocycles. The van der Waals surface area contributed by atoms with Gasteiger partial charge in [0, 0.05) is 24.9 Å². The van der Waals surface area contributed by atoms with Crippen LogP contribution in [0.2, 0.25) is 0 Å². The van der Waals surface area contributed by atoms with E-state index in [-0.39, 0.29) is 17.4 Å². The molecule has 1 N–H and O–H groups in total. The molecule has 146 valence electrons. The first-order valence-corrected chi connectivity index (χ1v) is 10.5. The van der Waals surface area contributed by atoms with E-state index in [4.69, 9.17) is 4.74 Å². The van der Waals surface area contributed by atoms with E-state index in [1.807, 2.05) is 6.92 Å². The van der Waals surface area contributed by atoms with Crippen molar-refractivity contribution >= 4 is 15.7 Å². The second kappa shape index (κ2) is 7.67. The number of carbonyl (C=O) groups excluding carboxylic acids is 1. The molecule has 0 bridgehead atoms. The highest BCUT2D eigenvalue weighted by atomic mass is 32.2. The van der Waals surface area contributed by atoms with E-state index in [1.165, 1.54) is 19.2 Å². The van der Waals surface area contributed by atoms with Crippen LogP contribution in [-0.2, 0) is 14.6 Å². The molecule has 1 aliphatic rings. The van der Waals surface area contributed by atoms with E-state index in [9.17, 15) is 17.6 Å². The van der Waals surface area contributed by atoms with Gasteiger partial charge in [-0.2, -0.15) is 0 Å². The lowest BCUT2D eigenvalue weighted by atomic mass is 10.1. The molecule has 0 unspecified atom stereocenters. The average Bonchev–Trinajstić information content (AvgIpc) is 3.18. The number of hydrogen-bond acceptors (Lipinski definition) is 5. The van der Waals surface area contributed by atoms with Gasteiger partial charge in [-0.15, -0.1) is 0 Å². The molecule has 1 aromatic carbocycles. The fourth-order valence-electron chi connectivity index (χ4n) is 3.39. The van der Waals surface area contributed by atoms with Crippen molar-refractivity contribution in [1.82, 2.24) is 14.9 Å². The minimum Gasteiger partial charge on any atom is -0.496 e. The van der Waals surface area contributed by atoms with Gasteiger partial charge >= 0.3 is 0 Å². The second-order valence-electron chi connectivity index (χ2n) is 6.57. The lowest BCUT2D eigenvalue weighted by molar-refractivity contribution is -0.121. The van der Waals surface area contributed by atoms with E-state index in [0.29, 0.717) is 30.0 Å². The fourth-order valence-corrected chi connectivity index (χ4v) is 5.29. The number of halogens is 1. The Labute approximate surface area is 157 Å². The average molecular weight is 395 g/mol. The molecule has 7 nitrogen and oxygen atoms in total. The Kier molecular flexibility index (Phi) is 5.50. The van der Waals surface area contributed by atoms with E-state index in [0.717, 1.165) is 0 Å². The van der Waals surface area contributed by atoms with Crippen LogP contribution in [-0.4, -0.2) is 48.5 Å². The Morgan fingerprint density at radius 3 is 2.89 bits per heavy atom. The molecular formula is C18H22FN3O4S. The molecule has 0 saturated carbocycles. The molecular weight excluding hydrogens is 373 g/mol. The maximum atomic E-state index is 13.5. The Morgan fingerprint density at radius 2 is 2.19 bits per heavy atom. The van der Waals surface area contributed by atoms with Crippen LogP contribution in [0.1, 0.15) is 25.8 Å². The molecule has 27 heavy (non-hydrogen) atoms. The maximum absolute atomic E-state index is 13.5. The number of aromatic nitrogens is 2. The summed E-state index contributed by atoms with van der Waals surface area (Å²) in [4.78, 5) is 16.3. The van der Waals surface area contributed by atoms with E-state index >= 15 is 0 Å². The zero-order valence-electron chi connectivity index (χ0n) is 15.2. The van der Waals surface area contributed by atoms with Gasteiger partial charge < -0.3 is 14.6 Å². The third kappa shape index (κ3) is 4.13. The molecule has 2 atom stereocenters. The number of sulfone groups is 1. The van der Waals surface area contributed by atoms with Crippen LogP contribution >= 0.6 is 0 Å². The number of carbonyl (C=O) groups is 1. The number of nitrogens with zero attached hydrogens (tertiary/aromatic N) is 2. The van der Waals surface area contributed by atoms with Crippen molar-refractivity contribution in [2.75, 3.05) is 18.6 Å². The Morgan fingerprint density at radius 1 is 1.41 bits per heavy atom. The quantitative estimate of drug-likeness (QED) is 0.807. The van der Waals surface area contributed by atoms with Crippen molar-refractivity contribution in [3.05, 3.63) is 36.4 Å². The summed E-state index contributed by atoms with van der Waals surface area (Å²) in [5.41, 5.74) is 0.548. The van der Waals surface area contributed by atoms with Crippen LogP contribution in [0, 0.1) is 5.82 Å². The predicted octanol–water partition coefficient (Wildman–Crippen LogP) is 1.95. The molecule has 3 rings (SSSR count). The molecule has 1 fully saturated rings. The topological polar surface area (TPSA) is 90.3 Å². The summed E-state index contributed by atoms with van der Waals surface area (Å²) in [6.45, 7) is 1.89. The summed E-state index contributed by atoms with van der Waals surface area (Å²) in [5, 5.41) is 2.83. The van der Waals surface area contributed by atoms with Crippen molar-refractivity contribution in [3.63, 3.8) is 0 Å². The summed E-state index contributed by atoms with van der Waals surface area (Å²) in [5.74, 6) is -0.0755. The van der Waals surface area contributed by atoms with Crippen LogP contribution in [0.25, 0.3) is 11.4 Å². The lowest BCUT2D eigenvalue weighted by Crippen LogP contribution is -2.40. The van der Waals surface area contributed by atoms with Crippen molar-refractivity contribution in [1.29, 1.82) is 0 Å². The second-order valence-corrected chi connectivity index (χ2v) is 8.72.